The topological polar surface area (TPSA) is 37.4 Å². The first-order valence-electron chi connectivity index (χ1n) is 8.31. The molecule has 0 bridgehead atoms. The Labute approximate surface area is 153 Å². The van der Waals surface area contributed by atoms with Gasteiger partial charge in [0.1, 0.15) is 5.82 Å². The van der Waals surface area contributed by atoms with Crippen molar-refractivity contribution in [2.75, 3.05) is 0 Å². The van der Waals surface area contributed by atoms with Crippen molar-refractivity contribution in [3.05, 3.63) is 101 Å². The Bertz CT molecular complexity index is 932. The van der Waals surface area contributed by atoms with E-state index in [1.807, 2.05) is 60.7 Å². The van der Waals surface area contributed by atoms with Crippen LogP contribution in [0.1, 0.15) is 16.7 Å². The van der Waals surface area contributed by atoms with E-state index in [-0.39, 0.29) is 18.0 Å². The summed E-state index contributed by atoms with van der Waals surface area (Å²) < 4.78 is 41.4. The molecule has 0 aliphatic heterocycles. The molecule has 26 heavy (non-hydrogen) atoms. The lowest BCUT2D eigenvalue weighted by atomic mass is 10.2. The molecule has 134 valence electrons. The smallest absolute Gasteiger partial charge is 0.207 e. The molecule has 3 aromatic rings. The molecular weight excluding hydrogens is 349 g/mol. The third-order valence-corrected chi connectivity index (χ3v) is 5.96. The second-order valence-electron chi connectivity index (χ2n) is 6.16. The van der Waals surface area contributed by atoms with Crippen LogP contribution in [0.4, 0.5) is 4.39 Å². The SMILES string of the molecule is Cc1cc(S(=O)(=O)N(Cc2ccccc2)Cc2ccccc2)ccc1F. The summed E-state index contributed by atoms with van der Waals surface area (Å²) in [5, 5.41) is 0. The van der Waals surface area contributed by atoms with Crippen molar-refractivity contribution in [2.45, 2.75) is 24.9 Å². The molecule has 0 N–H and O–H groups in total. The summed E-state index contributed by atoms with van der Waals surface area (Å²) in [5.74, 6) is -0.415. The summed E-state index contributed by atoms with van der Waals surface area (Å²) in [5.41, 5.74) is 2.10. The van der Waals surface area contributed by atoms with E-state index in [0.717, 1.165) is 11.1 Å². The molecule has 0 aliphatic rings. The Morgan fingerprint density at radius 1 is 0.808 bits per heavy atom. The van der Waals surface area contributed by atoms with Gasteiger partial charge in [0, 0.05) is 13.1 Å². The third-order valence-electron chi connectivity index (χ3n) is 4.17. The fourth-order valence-corrected chi connectivity index (χ4v) is 4.23. The first kappa shape index (κ1) is 18.3. The molecule has 3 rings (SSSR count). The van der Waals surface area contributed by atoms with Crippen LogP contribution < -0.4 is 0 Å². The van der Waals surface area contributed by atoms with Crippen LogP contribution in [0.3, 0.4) is 0 Å². The number of halogens is 1. The molecule has 0 aliphatic carbocycles. The monoisotopic (exact) mass is 369 g/mol. The van der Waals surface area contributed by atoms with Crippen molar-refractivity contribution >= 4 is 10.0 Å². The predicted octanol–water partition coefficient (Wildman–Crippen LogP) is 4.53. The fourth-order valence-electron chi connectivity index (χ4n) is 2.73. The van der Waals surface area contributed by atoms with Gasteiger partial charge in [-0.1, -0.05) is 60.7 Å². The molecule has 5 heteroatoms. The zero-order valence-corrected chi connectivity index (χ0v) is 15.3. The molecular formula is C21H20FNO2S. The summed E-state index contributed by atoms with van der Waals surface area (Å²) in [6, 6.07) is 22.8. The number of hydrogen-bond acceptors (Lipinski definition) is 2. The Morgan fingerprint density at radius 3 is 1.77 bits per heavy atom. The van der Waals surface area contributed by atoms with E-state index in [4.69, 9.17) is 0 Å². The molecule has 3 aromatic carbocycles. The average Bonchev–Trinajstić information content (AvgIpc) is 2.65. The second kappa shape index (κ2) is 7.81. The zero-order valence-electron chi connectivity index (χ0n) is 14.5. The highest BCUT2D eigenvalue weighted by molar-refractivity contribution is 7.89. The molecule has 0 heterocycles. The van der Waals surface area contributed by atoms with E-state index in [1.165, 1.54) is 22.5 Å². The maximum atomic E-state index is 13.6. The molecule has 0 unspecified atom stereocenters. The van der Waals surface area contributed by atoms with Gasteiger partial charge >= 0.3 is 0 Å². The van der Waals surface area contributed by atoms with Crippen molar-refractivity contribution in [2.24, 2.45) is 0 Å². The van der Waals surface area contributed by atoms with Gasteiger partial charge in [-0.25, -0.2) is 12.8 Å². The normalized spacial score (nSPS) is 11.7. The number of nitrogens with zero attached hydrogens (tertiary/aromatic N) is 1. The minimum Gasteiger partial charge on any atom is -0.207 e. The Balaban J connectivity index is 1.99. The van der Waals surface area contributed by atoms with E-state index >= 15 is 0 Å². The van der Waals surface area contributed by atoms with Crippen molar-refractivity contribution in [3.63, 3.8) is 0 Å². The minimum atomic E-state index is -3.77. The van der Waals surface area contributed by atoms with Gasteiger partial charge in [0.25, 0.3) is 0 Å². The Kier molecular flexibility index (Phi) is 5.49. The van der Waals surface area contributed by atoms with Crippen molar-refractivity contribution < 1.29 is 12.8 Å². The lowest BCUT2D eigenvalue weighted by Crippen LogP contribution is -2.30. The van der Waals surface area contributed by atoms with Gasteiger partial charge in [-0.15, -0.1) is 0 Å². The van der Waals surface area contributed by atoms with Crippen LogP contribution in [0.2, 0.25) is 0 Å². The molecule has 0 saturated carbocycles. The molecule has 0 radical (unpaired) electrons. The zero-order chi connectivity index (χ0) is 18.6. The largest absolute Gasteiger partial charge is 0.243 e. The first-order chi connectivity index (χ1) is 12.5. The highest BCUT2D eigenvalue weighted by Gasteiger charge is 2.25. The van der Waals surface area contributed by atoms with Crippen LogP contribution in [0, 0.1) is 12.7 Å². The third kappa shape index (κ3) is 4.18. The quantitative estimate of drug-likeness (QED) is 0.640. The second-order valence-corrected chi connectivity index (χ2v) is 8.09. The first-order valence-corrected chi connectivity index (χ1v) is 9.75. The lowest BCUT2D eigenvalue weighted by molar-refractivity contribution is 0.401. The maximum absolute atomic E-state index is 13.6. The summed E-state index contributed by atoms with van der Waals surface area (Å²) in [6.45, 7) is 2.05. The molecule has 3 nitrogen and oxygen atoms in total. The van der Waals surface area contributed by atoms with Crippen LogP contribution in [0.15, 0.2) is 83.8 Å². The standard InChI is InChI=1S/C21H20FNO2S/c1-17-14-20(12-13-21(17)22)26(24,25)23(15-18-8-4-2-5-9-18)16-19-10-6-3-7-11-19/h2-14H,15-16H2,1H3. The molecule has 0 atom stereocenters. The highest BCUT2D eigenvalue weighted by Crippen LogP contribution is 2.23. The van der Waals surface area contributed by atoms with Crippen LogP contribution >= 0.6 is 0 Å². The molecule has 0 fully saturated rings. The number of sulfonamides is 1. The molecule has 0 spiro atoms. The number of aryl methyl sites for hydroxylation is 1. The fraction of sp³-hybridized carbons (Fsp3) is 0.143. The number of rotatable bonds is 6. The van der Waals surface area contributed by atoms with E-state index < -0.39 is 15.8 Å². The van der Waals surface area contributed by atoms with Gasteiger partial charge in [-0.3, -0.25) is 0 Å². The Morgan fingerprint density at radius 2 is 1.31 bits per heavy atom. The van der Waals surface area contributed by atoms with Gasteiger partial charge in [0.05, 0.1) is 4.90 Å². The molecule has 0 amide bonds. The van der Waals surface area contributed by atoms with Gasteiger partial charge in [0.15, 0.2) is 0 Å². The Hall–Kier alpha value is -2.50. The van der Waals surface area contributed by atoms with Crippen molar-refractivity contribution in [1.29, 1.82) is 0 Å². The van der Waals surface area contributed by atoms with E-state index in [1.54, 1.807) is 6.92 Å². The number of hydrogen-bond donors (Lipinski definition) is 0. The van der Waals surface area contributed by atoms with Crippen LogP contribution in [0.25, 0.3) is 0 Å². The van der Waals surface area contributed by atoms with Gasteiger partial charge < -0.3 is 0 Å². The van der Waals surface area contributed by atoms with Gasteiger partial charge in [0.2, 0.25) is 10.0 Å². The maximum Gasteiger partial charge on any atom is 0.243 e. The average molecular weight is 369 g/mol. The van der Waals surface area contributed by atoms with E-state index in [0.29, 0.717) is 5.56 Å². The lowest BCUT2D eigenvalue weighted by Gasteiger charge is -2.23. The molecule has 0 saturated heterocycles. The van der Waals surface area contributed by atoms with Gasteiger partial charge in [-0.2, -0.15) is 4.31 Å². The van der Waals surface area contributed by atoms with Crippen LogP contribution in [-0.4, -0.2) is 12.7 Å². The highest BCUT2D eigenvalue weighted by atomic mass is 32.2. The van der Waals surface area contributed by atoms with Crippen molar-refractivity contribution in [1.82, 2.24) is 4.31 Å². The van der Waals surface area contributed by atoms with E-state index in [2.05, 4.69) is 0 Å². The van der Waals surface area contributed by atoms with Crippen LogP contribution in [0.5, 0.6) is 0 Å². The van der Waals surface area contributed by atoms with Crippen LogP contribution in [-0.2, 0) is 23.1 Å². The van der Waals surface area contributed by atoms with Gasteiger partial charge in [-0.05, 0) is 41.8 Å². The summed E-state index contributed by atoms with van der Waals surface area (Å²) in [6.07, 6.45) is 0. The summed E-state index contributed by atoms with van der Waals surface area (Å²) in [7, 11) is -3.77. The molecule has 0 aromatic heterocycles. The predicted molar refractivity (Wildman–Crippen MR) is 100 cm³/mol. The summed E-state index contributed by atoms with van der Waals surface area (Å²) >= 11 is 0. The van der Waals surface area contributed by atoms with E-state index in [9.17, 15) is 12.8 Å². The summed E-state index contributed by atoms with van der Waals surface area (Å²) in [4.78, 5) is 0.100. The minimum absolute atomic E-state index is 0.100. The van der Waals surface area contributed by atoms with Crippen molar-refractivity contribution in [3.8, 4) is 0 Å². The number of benzene rings is 3.